The molecule has 8 nitrogen and oxygen atoms in total. The van der Waals surface area contributed by atoms with E-state index in [4.69, 9.17) is 16.0 Å². The zero-order valence-corrected chi connectivity index (χ0v) is 23.3. The van der Waals surface area contributed by atoms with Gasteiger partial charge in [0.2, 0.25) is 5.89 Å². The first kappa shape index (κ1) is 26.2. The molecule has 6 rings (SSSR count). The number of nitrogens with zero attached hydrogens (tertiary/aromatic N) is 6. The molecule has 1 saturated heterocycles. The van der Waals surface area contributed by atoms with Gasteiger partial charge >= 0.3 is 0 Å². The van der Waals surface area contributed by atoms with Crippen LogP contribution in [0.15, 0.2) is 101 Å². The van der Waals surface area contributed by atoms with Gasteiger partial charge in [-0.05, 0) is 35.9 Å². The van der Waals surface area contributed by atoms with Crippen LogP contribution in [0, 0.1) is 0 Å². The van der Waals surface area contributed by atoms with Crippen LogP contribution in [0.4, 0.5) is 5.69 Å². The maximum Gasteiger partial charge on any atom is 0.275 e. The molecule has 1 aliphatic rings. The molecule has 0 aliphatic carbocycles. The van der Waals surface area contributed by atoms with Crippen molar-refractivity contribution in [1.82, 2.24) is 24.6 Å². The fourth-order valence-electron chi connectivity index (χ4n) is 4.73. The highest BCUT2D eigenvalue weighted by atomic mass is 35.5. The van der Waals surface area contributed by atoms with Crippen molar-refractivity contribution in [2.75, 3.05) is 31.1 Å². The number of benzene rings is 3. The van der Waals surface area contributed by atoms with Crippen molar-refractivity contribution in [3.05, 3.63) is 119 Å². The Bertz CT molecular complexity index is 1580. The van der Waals surface area contributed by atoms with E-state index in [1.165, 1.54) is 18.0 Å². The molecule has 0 N–H and O–H groups in total. The first-order valence-electron chi connectivity index (χ1n) is 13.0. The maximum atomic E-state index is 13.1. The topological polar surface area (TPSA) is 80.3 Å². The highest BCUT2D eigenvalue weighted by Crippen LogP contribution is 2.27. The summed E-state index contributed by atoms with van der Waals surface area (Å²) in [5.74, 6) is 1.62. The Kier molecular flexibility index (Phi) is 7.83. The predicted octanol–water partition coefficient (Wildman–Crippen LogP) is 5.75. The molecule has 5 aromatic rings. The van der Waals surface area contributed by atoms with Crippen molar-refractivity contribution in [3.63, 3.8) is 0 Å². The largest absolute Gasteiger partial charge is 0.447 e. The molecule has 0 radical (unpaired) electrons. The number of piperazine rings is 1. The molecule has 0 unspecified atom stereocenters. The summed E-state index contributed by atoms with van der Waals surface area (Å²) in [5, 5.41) is 10.4. The smallest absolute Gasteiger partial charge is 0.275 e. The Morgan fingerprint density at radius 2 is 1.60 bits per heavy atom. The summed E-state index contributed by atoms with van der Waals surface area (Å²) in [6.07, 6.45) is 2.11. The molecule has 0 atom stereocenters. The van der Waals surface area contributed by atoms with Gasteiger partial charge in [-0.1, -0.05) is 78.0 Å². The maximum absolute atomic E-state index is 13.1. The van der Waals surface area contributed by atoms with Gasteiger partial charge in [0.25, 0.3) is 5.91 Å². The van der Waals surface area contributed by atoms with Crippen LogP contribution in [0.2, 0.25) is 5.02 Å². The number of hydrogen-bond donors (Lipinski definition) is 0. The van der Waals surface area contributed by atoms with Crippen LogP contribution < -0.4 is 4.90 Å². The van der Waals surface area contributed by atoms with E-state index < -0.39 is 0 Å². The Balaban J connectivity index is 1.11. The van der Waals surface area contributed by atoms with E-state index in [9.17, 15) is 4.79 Å². The second kappa shape index (κ2) is 12.0. The second-order valence-corrected chi connectivity index (χ2v) is 10.8. The van der Waals surface area contributed by atoms with Crippen LogP contribution in [0.25, 0.3) is 5.69 Å². The van der Waals surface area contributed by atoms with Crippen LogP contribution in [-0.2, 0) is 12.2 Å². The number of amides is 1. The lowest BCUT2D eigenvalue weighted by Gasteiger charge is -2.35. The number of aromatic nitrogens is 4. The molecule has 3 heterocycles. The summed E-state index contributed by atoms with van der Waals surface area (Å²) < 4.78 is 7.75. The summed E-state index contributed by atoms with van der Waals surface area (Å²) in [7, 11) is 0. The molecule has 2 aromatic heterocycles. The van der Waals surface area contributed by atoms with Gasteiger partial charge in [-0.15, -0.1) is 10.2 Å². The SMILES string of the molecule is O=C(c1coc(CSc2nnc(Cc3ccccc3)n2-c2ccccc2)n1)N1CCN(c2cccc(Cl)c2)CC1. The monoisotopic (exact) mass is 570 g/mol. The number of oxazole rings is 1. The van der Waals surface area contributed by atoms with Gasteiger partial charge in [-0.3, -0.25) is 9.36 Å². The Morgan fingerprint density at radius 1 is 0.875 bits per heavy atom. The van der Waals surface area contributed by atoms with E-state index in [0.29, 0.717) is 41.9 Å². The molecule has 0 bridgehead atoms. The number of halogens is 1. The summed E-state index contributed by atoms with van der Waals surface area (Å²) in [6.45, 7) is 2.67. The fourth-order valence-corrected chi connectivity index (χ4v) is 5.74. The lowest BCUT2D eigenvalue weighted by Crippen LogP contribution is -2.48. The van der Waals surface area contributed by atoms with E-state index >= 15 is 0 Å². The number of carbonyl (C=O) groups is 1. The van der Waals surface area contributed by atoms with Crippen LogP contribution >= 0.6 is 23.4 Å². The van der Waals surface area contributed by atoms with Crippen molar-refractivity contribution in [3.8, 4) is 5.69 Å². The molecule has 1 fully saturated rings. The van der Waals surface area contributed by atoms with Gasteiger partial charge in [-0.25, -0.2) is 4.98 Å². The minimum absolute atomic E-state index is 0.122. The van der Waals surface area contributed by atoms with E-state index in [1.807, 2.05) is 77.7 Å². The predicted molar refractivity (Wildman–Crippen MR) is 156 cm³/mol. The third-order valence-corrected chi connectivity index (χ3v) is 7.90. The van der Waals surface area contributed by atoms with E-state index in [1.54, 1.807) is 0 Å². The van der Waals surface area contributed by atoms with Crippen LogP contribution in [0.1, 0.15) is 27.8 Å². The Morgan fingerprint density at radius 3 is 2.35 bits per heavy atom. The lowest BCUT2D eigenvalue weighted by molar-refractivity contribution is 0.0741. The van der Waals surface area contributed by atoms with Gasteiger partial charge in [0.15, 0.2) is 10.9 Å². The summed E-state index contributed by atoms with van der Waals surface area (Å²) in [5.41, 5.74) is 3.53. The zero-order chi connectivity index (χ0) is 27.3. The van der Waals surface area contributed by atoms with Crippen LogP contribution in [0.3, 0.4) is 0 Å². The highest BCUT2D eigenvalue weighted by molar-refractivity contribution is 7.98. The molecular formula is C30H27ClN6O2S. The minimum Gasteiger partial charge on any atom is -0.447 e. The van der Waals surface area contributed by atoms with Crippen molar-refractivity contribution in [1.29, 1.82) is 0 Å². The first-order valence-corrected chi connectivity index (χ1v) is 14.4. The first-order chi connectivity index (χ1) is 19.6. The minimum atomic E-state index is -0.122. The average molecular weight is 571 g/mol. The zero-order valence-electron chi connectivity index (χ0n) is 21.7. The fraction of sp³-hybridized carbons (Fsp3) is 0.200. The molecule has 3 aromatic carbocycles. The third kappa shape index (κ3) is 5.90. The van der Waals surface area contributed by atoms with Gasteiger partial charge in [-0.2, -0.15) is 0 Å². The second-order valence-electron chi connectivity index (χ2n) is 9.41. The van der Waals surface area contributed by atoms with E-state index in [0.717, 1.165) is 41.0 Å². The summed E-state index contributed by atoms with van der Waals surface area (Å²) >= 11 is 7.62. The van der Waals surface area contributed by atoms with Crippen molar-refractivity contribution in [2.24, 2.45) is 0 Å². The Labute approximate surface area is 241 Å². The van der Waals surface area contributed by atoms with E-state index in [2.05, 4.69) is 36.8 Å². The number of carbonyl (C=O) groups excluding carboxylic acids is 1. The molecule has 40 heavy (non-hydrogen) atoms. The normalized spacial score (nSPS) is 13.5. The van der Waals surface area contributed by atoms with Gasteiger partial charge < -0.3 is 14.2 Å². The van der Waals surface area contributed by atoms with Crippen LogP contribution in [-0.4, -0.2) is 56.7 Å². The highest BCUT2D eigenvalue weighted by Gasteiger charge is 2.25. The van der Waals surface area contributed by atoms with Crippen molar-refractivity contribution >= 4 is 35.0 Å². The molecule has 0 saturated carbocycles. The quantitative estimate of drug-likeness (QED) is 0.220. The molecule has 202 valence electrons. The number of thioether (sulfide) groups is 1. The van der Waals surface area contributed by atoms with Gasteiger partial charge in [0.1, 0.15) is 12.1 Å². The van der Waals surface area contributed by atoms with Crippen LogP contribution in [0.5, 0.6) is 0 Å². The molecule has 0 spiro atoms. The molecule has 1 amide bonds. The average Bonchev–Trinajstić information content (AvgIpc) is 3.64. The number of anilines is 1. The lowest BCUT2D eigenvalue weighted by atomic mass is 10.1. The third-order valence-electron chi connectivity index (χ3n) is 6.76. The summed E-state index contributed by atoms with van der Waals surface area (Å²) in [4.78, 5) is 21.7. The van der Waals surface area contributed by atoms with E-state index in [-0.39, 0.29) is 5.91 Å². The number of para-hydroxylation sites is 1. The summed E-state index contributed by atoms with van der Waals surface area (Å²) in [6, 6.07) is 28.1. The van der Waals surface area contributed by atoms with Gasteiger partial charge in [0, 0.05) is 49.0 Å². The number of rotatable bonds is 8. The molecule has 10 heteroatoms. The van der Waals surface area contributed by atoms with Gasteiger partial charge in [0.05, 0.1) is 5.75 Å². The number of hydrogen-bond acceptors (Lipinski definition) is 7. The standard InChI is InChI=1S/C30H27ClN6O2S/c31-23-10-7-13-25(19-23)35-14-16-36(17-15-35)29(38)26-20-39-28(32-26)21-40-30-34-33-27(18-22-8-3-1-4-9-22)37(30)24-11-5-2-6-12-24/h1-13,19-20H,14-18,21H2. The molecule has 1 aliphatic heterocycles. The molecular weight excluding hydrogens is 544 g/mol. The van der Waals surface area contributed by atoms with Crippen molar-refractivity contribution in [2.45, 2.75) is 17.3 Å². The Hall–Kier alpha value is -4.08. The van der Waals surface area contributed by atoms with Crippen molar-refractivity contribution < 1.29 is 9.21 Å².